The maximum absolute atomic E-state index is 5.83. The monoisotopic (exact) mass is 236 g/mol. The van der Waals surface area contributed by atoms with Gasteiger partial charge < -0.3 is 4.57 Å². The van der Waals surface area contributed by atoms with Gasteiger partial charge in [0.25, 0.3) is 0 Å². The van der Waals surface area contributed by atoms with E-state index < -0.39 is 0 Å². The van der Waals surface area contributed by atoms with E-state index in [1.165, 1.54) is 0 Å². The van der Waals surface area contributed by atoms with Crippen LogP contribution in [0.4, 0.5) is 0 Å². The Labute approximate surface area is 88.5 Å². The molecule has 0 spiro atoms. The molecule has 2 aromatic heterocycles. The highest BCUT2D eigenvalue weighted by atomic mass is 35.5. The summed E-state index contributed by atoms with van der Waals surface area (Å²) in [7, 11) is 1.72. The fraction of sp³-hybridized carbons (Fsp3) is 0.167. The SMILES string of the molecule is Cn1c(Cl)nc2nc(Cl)nc(Cl)c21. The number of imidazole rings is 1. The van der Waals surface area contributed by atoms with Crippen molar-refractivity contribution in [2.75, 3.05) is 0 Å². The molecule has 0 atom stereocenters. The Kier molecular flexibility index (Phi) is 2.06. The van der Waals surface area contributed by atoms with Crippen molar-refractivity contribution in [3.05, 3.63) is 15.7 Å². The molecule has 7 heteroatoms. The molecular weight excluding hydrogens is 234 g/mol. The van der Waals surface area contributed by atoms with Gasteiger partial charge in [-0.15, -0.1) is 0 Å². The highest BCUT2D eigenvalue weighted by molar-refractivity contribution is 6.36. The summed E-state index contributed by atoms with van der Waals surface area (Å²) in [6.07, 6.45) is 0. The van der Waals surface area contributed by atoms with E-state index in [1.807, 2.05) is 0 Å². The number of hydrogen-bond donors (Lipinski definition) is 0. The molecule has 0 amide bonds. The smallest absolute Gasteiger partial charge is 0.225 e. The molecule has 0 aliphatic rings. The largest absolute Gasteiger partial charge is 0.314 e. The molecular formula is C6H3Cl3N4. The topological polar surface area (TPSA) is 43.6 Å². The van der Waals surface area contributed by atoms with Crippen molar-refractivity contribution in [1.29, 1.82) is 0 Å². The fourth-order valence-electron chi connectivity index (χ4n) is 1.01. The first-order valence-corrected chi connectivity index (χ1v) is 4.44. The molecule has 0 saturated carbocycles. The number of nitrogens with zero attached hydrogens (tertiary/aromatic N) is 4. The molecule has 0 N–H and O–H groups in total. The third-order valence-electron chi connectivity index (χ3n) is 1.61. The lowest BCUT2D eigenvalue weighted by Crippen LogP contribution is -1.91. The van der Waals surface area contributed by atoms with Crippen LogP contribution < -0.4 is 0 Å². The van der Waals surface area contributed by atoms with Gasteiger partial charge in [0.15, 0.2) is 10.8 Å². The van der Waals surface area contributed by atoms with Gasteiger partial charge in [0.1, 0.15) is 5.52 Å². The van der Waals surface area contributed by atoms with Crippen molar-refractivity contribution < 1.29 is 0 Å². The van der Waals surface area contributed by atoms with Gasteiger partial charge in [0.2, 0.25) is 10.6 Å². The molecule has 0 bridgehead atoms. The van der Waals surface area contributed by atoms with Gasteiger partial charge in [0.05, 0.1) is 0 Å². The highest BCUT2D eigenvalue weighted by Crippen LogP contribution is 2.23. The summed E-state index contributed by atoms with van der Waals surface area (Å²) in [6, 6.07) is 0. The van der Waals surface area contributed by atoms with Crippen LogP contribution in [0.1, 0.15) is 0 Å². The van der Waals surface area contributed by atoms with Crippen LogP contribution in [0.5, 0.6) is 0 Å². The van der Waals surface area contributed by atoms with E-state index in [1.54, 1.807) is 11.6 Å². The predicted molar refractivity (Wildman–Crippen MR) is 51.3 cm³/mol. The summed E-state index contributed by atoms with van der Waals surface area (Å²) in [5.74, 6) is 0. The molecule has 0 aliphatic heterocycles. The second-order valence-electron chi connectivity index (χ2n) is 2.40. The molecule has 13 heavy (non-hydrogen) atoms. The van der Waals surface area contributed by atoms with Crippen LogP contribution in [0.15, 0.2) is 0 Å². The summed E-state index contributed by atoms with van der Waals surface area (Å²) in [6.45, 7) is 0. The molecule has 2 heterocycles. The molecule has 2 aromatic rings. The van der Waals surface area contributed by atoms with E-state index in [0.717, 1.165) is 0 Å². The lowest BCUT2D eigenvalue weighted by molar-refractivity contribution is 0.945. The fourth-order valence-corrected chi connectivity index (χ4v) is 1.68. The van der Waals surface area contributed by atoms with Gasteiger partial charge in [-0.25, -0.2) is 4.98 Å². The summed E-state index contributed by atoms with van der Waals surface area (Å²) in [5.41, 5.74) is 0.980. The van der Waals surface area contributed by atoms with E-state index in [9.17, 15) is 0 Å². The maximum Gasteiger partial charge on any atom is 0.225 e. The number of hydrogen-bond acceptors (Lipinski definition) is 3. The second-order valence-corrected chi connectivity index (χ2v) is 3.43. The van der Waals surface area contributed by atoms with E-state index in [4.69, 9.17) is 34.8 Å². The zero-order valence-corrected chi connectivity index (χ0v) is 8.69. The average molecular weight is 237 g/mol. The van der Waals surface area contributed by atoms with E-state index >= 15 is 0 Å². The van der Waals surface area contributed by atoms with Crippen molar-refractivity contribution >= 4 is 46.0 Å². The minimum atomic E-state index is 0.0623. The van der Waals surface area contributed by atoms with Crippen LogP contribution in [0, 0.1) is 0 Å². The van der Waals surface area contributed by atoms with Gasteiger partial charge in [-0.1, -0.05) is 11.6 Å². The summed E-state index contributed by atoms with van der Waals surface area (Å²) >= 11 is 17.2. The van der Waals surface area contributed by atoms with E-state index in [2.05, 4.69) is 15.0 Å². The van der Waals surface area contributed by atoms with Crippen molar-refractivity contribution in [3.8, 4) is 0 Å². The first-order chi connectivity index (χ1) is 6.09. The normalized spacial score (nSPS) is 11.1. The van der Waals surface area contributed by atoms with Crippen molar-refractivity contribution in [1.82, 2.24) is 19.5 Å². The molecule has 68 valence electrons. The second kappa shape index (κ2) is 2.97. The third kappa shape index (κ3) is 1.35. The number of aryl methyl sites for hydroxylation is 1. The molecule has 0 saturated heterocycles. The van der Waals surface area contributed by atoms with E-state index in [-0.39, 0.29) is 10.4 Å². The summed E-state index contributed by atoms with van der Waals surface area (Å²) in [4.78, 5) is 11.6. The van der Waals surface area contributed by atoms with Crippen molar-refractivity contribution in [2.24, 2.45) is 7.05 Å². The minimum Gasteiger partial charge on any atom is -0.314 e. The Morgan fingerprint density at radius 2 is 1.77 bits per heavy atom. The zero-order chi connectivity index (χ0) is 9.59. The quantitative estimate of drug-likeness (QED) is 0.401. The summed E-state index contributed by atoms with van der Waals surface area (Å²) in [5, 5.41) is 0.609. The molecule has 0 fully saturated rings. The van der Waals surface area contributed by atoms with Gasteiger partial charge >= 0.3 is 0 Å². The Morgan fingerprint density at radius 1 is 1.08 bits per heavy atom. The predicted octanol–water partition coefficient (Wildman–Crippen LogP) is 2.32. The van der Waals surface area contributed by atoms with E-state index in [0.29, 0.717) is 16.4 Å². The number of halogens is 3. The Bertz CT molecular complexity index is 478. The van der Waals surface area contributed by atoms with Crippen molar-refractivity contribution in [3.63, 3.8) is 0 Å². The number of rotatable bonds is 0. The molecule has 4 nitrogen and oxygen atoms in total. The van der Waals surface area contributed by atoms with Crippen LogP contribution in [0.2, 0.25) is 15.7 Å². The Balaban J connectivity index is 2.94. The number of fused-ring (bicyclic) bond motifs is 1. The van der Waals surface area contributed by atoms with Crippen LogP contribution in [-0.2, 0) is 7.05 Å². The number of aromatic nitrogens is 4. The van der Waals surface area contributed by atoms with Crippen LogP contribution in [0.3, 0.4) is 0 Å². The van der Waals surface area contributed by atoms with Gasteiger partial charge in [-0.2, -0.15) is 9.97 Å². The zero-order valence-electron chi connectivity index (χ0n) is 6.42. The molecule has 0 unspecified atom stereocenters. The van der Waals surface area contributed by atoms with Crippen molar-refractivity contribution in [2.45, 2.75) is 0 Å². The van der Waals surface area contributed by atoms with Gasteiger partial charge in [-0.05, 0) is 23.2 Å². The standard InChI is InChI=1S/C6H3Cl3N4/c1-13-2-3(7)10-5(8)11-4(2)12-6(13)9/h1H3. The third-order valence-corrected chi connectivity index (χ3v) is 2.38. The average Bonchev–Trinajstić information content (AvgIpc) is 2.27. The molecule has 0 aromatic carbocycles. The molecule has 0 radical (unpaired) electrons. The van der Waals surface area contributed by atoms with Gasteiger partial charge in [-0.3, -0.25) is 0 Å². The van der Waals surface area contributed by atoms with Crippen LogP contribution >= 0.6 is 34.8 Å². The Morgan fingerprint density at radius 3 is 2.46 bits per heavy atom. The lowest BCUT2D eigenvalue weighted by atomic mass is 10.5. The first-order valence-electron chi connectivity index (χ1n) is 3.30. The van der Waals surface area contributed by atoms with Gasteiger partial charge in [0, 0.05) is 7.05 Å². The summed E-state index contributed by atoms with van der Waals surface area (Å²) < 4.78 is 1.59. The van der Waals surface area contributed by atoms with Crippen LogP contribution in [0.25, 0.3) is 11.2 Å². The first kappa shape index (κ1) is 8.99. The maximum atomic E-state index is 5.83. The highest BCUT2D eigenvalue weighted by Gasteiger charge is 2.12. The lowest BCUT2D eigenvalue weighted by Gasteiger charge is -1.96. The minimum absolute atomic E-state index is 0.0623. The molecule has 0 aliphatic carbocycles. The Hall–Kier alpha value is -0.580. The van der Waals surface area contributed by atoms with Crippen LogP contribution in [-0.4, -0.2) is 19.5 Å². The molecule has 2 rings (SSSR count).